The zero-order valence-electron chi connectivity index (χ0n) is 16.2. The van der Waals surface area contributed by atoms with Gasteiger partial charge in [0.15, 0.2) is 0 Å². The van der Waals surface area contributed by atoms with Crippen molar-refractivity contribution in [2.45, 2.75) is 66.5 Å². The third-order valence-electron chi connectivity index (χ3n) is 4.52. The Morgan fingerprint density at radius 1 is 1.20 bits per heavy atom. The van der Waals surface area contributed by atoms with Gasteiger partial charge in [0, 0.05) is 17.8 Å². The van der Waals surface area contributed by atoms with Crippen molar-refractivity contribution in [3.05, 3.63) is 52.8 Å². The standard InChI is InChI=1S/C21H31N3O/c1-6-10-20(18-11-8-7-9-12-18)22-21(25)13-19-16(4)23-24(17(19)5)14-15(2)3/h7-9,11-12,15,20H,6,10,13-14H2,1-5H3,(H,22,25). The van der Waals surface area contributed by atoms with Gasteiger partial charge in [0.2, 0.25) is 5.91 Å². The van der Waals surface area contributed by atoms with Crippen molar-refractivity contribution >= 4 is 5.91 Å². The number of nitrogens with zero attached hydrogens (tertiary/aromatic N) is 2. The molecule has 1 heterocycles. The molecule has 1 aromatic heterocycles. The second kappa shape index (κ2) is 8.84. The van der Waals surface area contributed by atoms with Crippen LogP contribution in [-0.4, -0.2) is 15.7 Å². The van der Waals surface area contributed by atoms with Crippen LogP contribution in [0.4, 0.5) is 0 Å². The average molecular weight is 341 g/mol. The van der Waals surface area contributed by atoms with Crippen LogP contribution in [0.3, 0.4) is 0 Å². The van der Waals surface area contributed by atoms with Crippen molar-refractivity contribution in [2.24, 2.45) is 5.92 Å². The molecular formula is C21H31N3O. The Hall–Kier alpha value is -2.10. The van der Waals surface area contributed by atoms with Crippen molar-refractivity contribution in [1.29, 1.82) is 0 Å². The third-order valence-corrected chi connectivity index (χ3v) is 4.52. The Bertz CT molecular complexity index is 689. The first-order chi connectivity index (χ1) is 11.9. The van der Waals surface area contributed by atoms with Crippen LogP contribution >= 0.6 is 0 Å². The first-order valence-electron chi connectivity index (χ1n) is 9.29. The summed E-state index contributed by atoms with van der Waals surface area (Å²) in [4.78, 5) is 12.7. The highest BCUT2D eigenvalue weighted by atomic mass is 16.1. The van der Waals surface area contributed by atoms with Crippen molar-refractivity contribution in [3.63, 3.8) is 0 Å². The van der Waals surface area contributed by atoms with Gasteiger partial charge in [0.25, 0.3) is 0 Å². The van der Waals surface area contributed by atoms with E-state index in [-0.39, 0.29) is 11.9 Å². The van der Waals surface area contributed by atoms with Crippen molar-refractivity contribution in [1.82, 2.24) is 15.1 Å². The molecule has 1 aromatic carbocycles. The van der Waals surface area contributed by atoms with E-state index in [1.54, 1.807) is 0 Å². The molecule has 0 bridgehead atoms. The van der Waals surface area contributed by atoms with Crippen LogP contribution in [0.5, 0.6) is 0 Å². The minimum atomic E-state index is 0.0672. The molecular weight excluding hydrogens is 310 g/mol. The van der Waals surface area contributed by atoms with E-state index in [1.165, 1.54) is 5.56 Å². The van der Waals surface area contributed by atoms with Crippen LogP contribution in [0.2, 0.25) is 0 Å². The van der Waals surface area contributed by atoms with E-state index in [0.29, 0.717) is 12.3 Å². The van der Waals surface area contributed by atoms with E-state index < -0.39 is 0 Å². The van der Waals surface area contributed by atoms with Crippen LogP contribution in [0.1, 0.15) is 62.2 Å². The summed E-state index contributed by atoms with van der Waals surface area (Å²) in [5.41, 5.74) is 4.29. The fourth-order valence-electron chi connectivity index (χ4n) is 3.22. The summed E-state index contributed by atoms with van der Waals surface area (Å²) in [6.45, 7) is 11.4. The SMILES string of the molecule is CCCC(NC(=O)Cc1c(C)nn(CC(C)C)c1C)c1ccccc1. The zero-order valence-corrected chi connectivity index (χ0v) is 16.2. The van der Waals surface area contributed by atoms with E-state index >= 15 is 0 Å². The molecule has 0 radical (unpaired) electrons. The van der Waals surface area contributed by atoms with E-state index in [4.69, 9.17) is 0 Å². The molecule has 1 amide bonds. The van der Waals surface area contributed by atoms with Gasteiger partial charge in [0.1, 0.15) is 0 Å². The molecule has 1 unspecified atom stereocenters. The molecule has 1 atom stereocenters. The molecule has 0 saturated heterocycles. The molecule has 1 N–H and O–H groups in total. The first kappa shape index (κ1) is 19.2. The molecule has 0 aliphatic rings. The number of amides is 1. The summed E-state index contributed by atoms with van der Waals surface area (Å²) in [5.74, 6) is 0.601. The fourth-order valence-corrected chi connectivity index (χ4v) is 3.22. The highest BCUT2D eigenvalue weighted by molar-refractivity contribution is 5.79. The smallest absolute Gasteiger partial charge is 0.225 e. The number of aryl methyl sites for hydroxylation is 1. The quantitative estimate of drug-likeness (QED) is 0.775. The highest BCUT2D eigenvalue weighted by Gasteiger charge is 2.18. The van der Waals surface area contributed by atoms with Crippen LogP contribution in [-0.2, 0) is 17.8 Å². The monoisotopic (exact) mass is 341 g/mol. The maximum absolute atomic E-state index is 12.7. The first-order valence-corrected chi connectivity index (χ1v) is 9.29. The predicted octanol–water partition coefficient (Wildman–Crippen LogP) is 4.36. The summed E-state index contributed by atoms with van der Waals surface area (Å²) in [6, 6.07) is 10.3. The third kappa shape index (κ3) is 5.18. The maximum Gasteiger partial charge on any atom is 0.225 e. The Kier molecular flexibility index (Phi) is 6.80. The molecule has 0 spiro atoms. The van der Waals surface area contributed by atoms with Crippen molar-refractivity contribution in [3.8, 4) is 0 Å². The van der Waals surface area contributed by atoms with E-state index in [0.717, 1.165) is 36.3 Å². The van der Waals surface area contributed by atoms with Gasteiger partial charge in [-0.15, -0.1) is 0 Å². The minimum absolute atomic E-state index is 0.0672. The molecule has 25 heavy (non-hydrogen) atoms. The number of aromatic nitrogens is 2. The van der Waals surface area contributed by atoms with E-state index in [9.17, 15) is 4.79 Å². The molecule has 2 aromatic rings. The van der Waals surface area contributed by atoms with Crippen LogP contribution in [0.25, 0.3) is 0 Å². The lowest BCUT2D eigenvalue weighted by atomic mass is 10.0. The topological polar surface area (TPSA) is 46.9 Å². The maximum atomic E-state index is 12.7. The van der Waals surface area contributed by atoms with Crippen LogP contribution < -0.4 is 5.32 Å². The zero-order chi connectivity index (χ0) is 18.4. The number of carbonyl (C=O) groups is 1. The number of carbonyl (C=O) groups excluding carboxylic acids is 1. The van der Waals surface area contributed by atoms with Gasteiger partial charge in [-0.3, -0.25) is 9.48 Å². The summed E-state index contributed by atoms with van der Waals surface area (Å²) in [7, 11) is 0. The number of benzene rings is 1. The van der Waals surface area contributed by atoms with Crippen LogP contribution in [0, 0.1) is 19.8 Å². The average Bonchev–Trinajstić information content (AvgIpc) is 2.82. The Morgan fingerprint density at radius 2 is 1.88 bits per heavy atom. The fraction of sp³-hybridized carbons (Fsp3) is 0.524. The molecule has 0 aliphatic heterocycles. The van der Waals surface area contributed by atoms with Gasteiger partial charge in [-0.25, -0.2) is 0 Å². The molecule has 0 fully saturated rings. The van der Waals surface area contributed by atoms with Gasteiger partial charge < -0.3 is 5.32 Å². The highest BCUT2D eigenvalue weighted by Crippen LogP contribution is 2.20. The van der Waals surface area contributed by atoms with Crippen molar-refractivity contribution < 1.29 is 4.79 Å². The summed E-state index contributed by atoms with van der Waals surface area (Å²) in [5, 5.41) is 7.82. The number of rotatable bonds is 8. The van der Waals surface area contributed by atoms with Crippen molar-refractivity contribution in [2.75, 3.05) is 0 Å². The number of hydrogen-bond donors (Lipinski definition) is 1. The van der Waals surface area contributed by atoms with E-state index in [1.807, 2.05) is 29.8 Å². The second-order valence-electron chi connectivity index (χ2n) is 7.22. The Morgan fingerprint density at radius 3 is 2.48 bits per heavy atom. The van der Waals surface area contributed by atoms with Gasteiger partial charge in [-0.2, -0.15) is 5.10 Å². The van der Waals surface area contributed by atoms with Gasteiger partial charge in [-0.05, 0) is 31.7 Å². The van der Waals surface area contributed by atoms with Gasteiger partial charge >= 0.3 is 0 Å². The van der Waals surface area contributed by atoms with Gasteiger partial charge in [-0.1, -0.05) is 57.5 Å². The molecule has 4 heteroatoms. The van der Waals surface area contributed by atoms with E-state index in [2.05, 4.69) is 50.2 Å². The lowest BCUT2D eigenvalue weighted by molar-refractivity contribution is -0.121. The normalized spacial score (nSPS) is 12.4. The lowest BCUT2D eigenvalue weighted by Gasteiger charge is -2.19. The Balaban J connectivity index is 2.09. The largest absolute Gasteiger partial charge is 0.349 e. The minimum Gasteiger partial charge on any atom is -0.349 e. The number of nitrogens with one attached hydrogen (secondary N) is 1. The lowest BCUT2D eigenvalue weighted by Crippen LogP contribution is -2.30. The second-order valence-corrected chi connectivity index (χ2v) is 7.22. The molecule has 0 aliphatic carbocycles. The molecule has 136 valence electrons. The summed E-state index contributed by atoms with van der Waals surface area (Å²) < 4.78 is 2.03. The molecule has 0 saturated carbocycles. The summed E-state index contributed by atoms with van der Waals surface area (Å²) >= 11 is 0. The molecule has 4 nitrogen and oxygen atoms in total. The summed E-state index contributed by atoms with van der Waals surface area (Å²) in [6.07, 6.45) is 2.37. The Labute approximate surface area is 151 Å². The molecule has 2 rings (SSSR count). The number of hydrogen-bond acceptors (Lipinski definition) is 2. The van der Waals surface area contributed by atoms with Gasteiger partial charge in [0.05, 0.1) is 18.2 Å². The predicted molar refractivity (Wildman–Crippen MR) is 102 cm³/mol. The van der Waals surface area contributed by atoms with Crippen LogP contribution in [0.15, 0.2) is 30.3 Å².